The first-order chi connectivity index (χ1) is 12.6. The molecule has 142 valence electrons. The smallest absolute Gasteiger partial charge is 0.256 e. The summed E-state index contributed by atoms with van der Waals surface area (Å²) >= 11 is 0. The van der Waals surface area contributed by atoms with Crippen LogP contribution in [-0.4, -0.2) is 24.7 Å². The number of rotatable bonds is 8. The van der Waals surface area contributed by atoms with Gasteiger partial charge >= 0.3 is 0 Å². The van der Waals surface area contributed by atoms with Crippen molar-refractivity contribution in [3.8, 4) is 11.8 Å². The normalized spacial score (nSPS) is 16.3. The first kappa shape index (κ1) is 20.3. The van der Waals surface area contributed by atoms with Crippen LogP contribution in [0.25, 0.3) is 0 Å². The second-order valence-electron chi connectivity index (χ2n) is 6.82. The van der Waals surface area contributed by atoms with Crippen LogP contribution in [0.15, 0.2) is 18.2 Å². The van der Waals surface area contributed by atoms with E-state index >= 15 is 0 Å². The molecule has 0 saturated heterocycles. The number of benzene rings is 1. The molecule has 5 heteroatoms. The molecule has 1 aromatic rings. The molecule has 0 aromatic heterocycles. The Hall–Kier alpha value is -2.06. The molecule has 1 fully saturated rings. The molecule has 26 heavy (non-hydrogen) atoms. The maximum atomic E-state index is 13.0. The summed E-state index contributed by atoms with van der Waals surface area (Å²) < 4.78 is 11.6. The number of carbonyl (C=O) groups is 1. The lowest BCUT2D eigenvalue weighted by Gasteiger charge is -2.31. The van der Waals surface area contributed by atoms with Gasteiger partial charge in [-0.1, -0.05) is 39.0 Å². The van der Waals surface area contributed by atoms with Crippen LogP contribution in [0.1, 0.15) is 70.8 Å². The van der Waals surface area contributed by atoms with Crippen LogP contribution in [0.2, 0.25) is 0 Å². The van der Waals surface area contributed by atoms with E-state index in [-0.39, 0.29) is 5.91 Å². The van der Waals surface area contributed by atoms with E-state index in [0.29, 0.717) is 30.2 Å². The molecular formula is C21H30N2O3. The van der Waals surface area contributed by atoms with Gasteiger partial charge in [0.15, 0.2) is 0 Å². The Labute approximate surface area is 156 Å². The van der Waals surface area contributed by atoms with Gasteiger partial charge in [-0.05, 0) is 44.4 Å². The highest BCUT2D eigenvalue weighted by Crippen LogP contribution is 2.32. The molecular weight excluding hydrogens is 328 g/mol. The van der Waals surface area contributed by atoms with Gasteiger partial charge in [0, 0.05) is 6.61 Å². The topological polar surface area (TPSA) is 71.3 Å². The number of hydrogen-bond donors (Lipinski definition) is 1. The highest BCUT2D eigenvalue weighted by atomic mass is 16.5. The van der Waals surface area contributed by atoms with Gasteiger partial charge in [0.05, 0.1) is 17.9 Å². The molecule has 2 rings (SSSR count). The molecule has 5 nitrogen and oxygen atoms in total. The Morgan fingerprint density at radius 2 is 1.96 bits per heavy atom. The van der Waals surface area contributed by atoms with Gasteiger partial charge in [0.2, 0.25) is 0 Å². The van der Waals surface area contributed by atoms with Crippen molar-refractivity contribution in [2.75, 3.05) is 18.5 Å². The Bertz CT molecular complexity index is 629. The van der Waals surface area contributed by atoms with Gasteiger partial charge in [-0.25, -0.2) is 0 Å². The van der Waals surface area contributed by atoms with Gasteiger partial charge < -0.3 is 14.8 Å². The van der Waals surface area contributed by atoms with Crippen LogP contribution >= 0.6 is 0 Å². The minimum Gasteiger partial charge on any atom is -0.494 e. The lowest BCUT2D eigenvalue weighted by Crippen LogP contribution is -2.45. The van der Waals surface area contributed by atoms with Crippen LogP contribution in [0, 0.1) is 11.3 Å². The van der Waals surface area contributed by atoms with Gasteiger partial charge in [-0.15, -0.1) is 0 Å². The number of anilines is 1. The summed E-state index contributed by atoms with van der Waals surface area (Å²) in [4.78, 5) is 13.0. The number of amides is 1. The zero-order valence-electron chi connectivity index (χ0n) is 16.0. The van der Waals surface area contributed by atoms with E-state index in [2.05, 4.69) is 18.3 Å². The third kappa shape index (κ3) is 5.22. The van der Waals surface area contributed by atoms with Crippen LogP contribution in [0.3, 0.4) is 0 Å². The largest absolute Gasteiger partial charge is 0.494 e. The van der Waals surface area contributed by atoms with E-state index in [1.807, 2.05) is 6.92 Å². The summed E-state index contributed by atoms with van der Waals surface area (Å²) in [5.74, 6) is 0.513. The predicted molar refractivity (Wildman–Crippen MR) is 102 cm³/mol. The van der Waals surface area contributed by atoms with E-state index in [0.717, 1.165) is 51.4 Å². The molecule has 0 aliphatic heterocycles. The Morgan fingerprint density at radius 3 is 2.58 bits per heavy atom. The predicted octanol–water partition coefficient (Wildman–Crippen LogP) is 4.81. The average Bonchev–Trinajstić information content (AvgIpc) is 2.90. The summed E-state index contributed by atoms with van der Waals surface area (Å²) in [5.41, 5.74) is 0.144. The number of nitrogens with one attached hydrogen (secondary N) is 1. The fourth-order valence-corrected chi connectivity index (χ4v) is 3.40. The van der Waals surface area contributed by atoms with Crippen molar-refractivity contribution in [1.82, 2.24) is 0 Å². The van der Waals surface area contributed by atoms with E-state index in [1.165, 1.54) is 0 Å². The summed E-state index contributed by atoms with van der Waals surface area (Å²) in [6, 6.07) is 7.38. The lowest BCUT2D eigenvalue weighted by molar-refractivity contribution is -0.143. The molecule has 0 radical (unpaired) electrons. The maximum absolute atomic E-state index is 13.0. The first-order valence-corrected chi connectivity index (χ1v) is 9.77. The van der Waals surface area contributed by atoms with Crippen molar-refractivity contribution in [1.29, 1.82) is 5.26 Å². The summed E-state index contributed by atoms with van der Waals surface area (Å²) in [5, 5.41) is 12.4. The minimum absolute atomic E-state index is 0.141. The van der Waals surface area contributed by atoms with Gasteiger partial charge in [-0.3, -0.25) is 4.79 Å². The Balaban J connectivity index is 2.14. The Morgan fingerprint density at radius 1 is 1.23 bits per heavy atom. The molecule has 0 unspecified atom stereocenters. The maximum Gasteiger partial charge on any atom is 0.256 e. The van der Waals surface area contributed by atoms with Gasteiger partial charge in [0.25, 0.3) is 5.91 Å². The minimum atomic E-state index is -0.783. The van der Waals surface area contributed by atoms with Crippen LogP contribution in [0.4, 0.5) is 5.69 Å². The number of nitriles is 1. The summed E-state index contributed by atoms with van der Waals surface area (Å²) in [6.45, 7) is 5.15. The summed E-state index contributed by atoms with van der Waals surface area (Å²) in [7, 11) is 0. The molecule has 1 saturated carbocycles. The molecule has 0 bridgehead atoms. The SMILES string of the molecule is CCCCOc1ccc(NC(=O)C2(OCC)CCCCCC2)c(C#N)c1. The molecule has 1 N–H and O–H groups in total. The molecule has 1 aliphatic carbocycles. The molecule has 0 atom stereocenters. The second-order valence-corrected chi connectivity index (χ2v) is 6.82. The number of carbonyl (C=O) groups excluding carboxylic acids is 1. The molecule has 0 spiro atoms. The van der Waals surface area contributed by atoms with Crippen LogP contribution in [-0.2, 0) is 9.53 Å². The standard InChI is InChI=1S/C21H30N2O3/c1-3-5-14-25-18-10-11-19(17(15-18)16-22)23-20(24)21(26-4-2)12-8-6-7-9-13-21/h10-11,15H,3-9,12-14H2,1-2H3,(H,23,24). The third-order valence-corrected chi connectivity index (χ3v) is 4.87. The number of hydrogen-bond acceptors (Lipinski definition) is 4. The van der Waals surface area contributed by atoms with Gasteiger partial charge in [0.1, 0.15) is 17.4 Å². The highest BCUT2D eigenvalue weighted by molar-refractivity contribution is 5.98. The van der Waals surface area contributed by atoms with Crippen molar-refractivity contribution in [3.05, 3.63) is 23.8 Å². The van der Waals surface area contributed by atoms with Crippen molar-refractivity contribution in [3.63, 3.8) is 0 Å². The van der Waals surface area contributed by atoms with E-state index in [1.54, 1.807) is 18.2 Å². The molecule has 1 aliphatic rings. The molecule has 1 amide bonds. The fourth-order valence-electron chi connectivity index (χ4n) is 3.40. The van der Waals surface area contributed by atoms with Crippen LogP contribution in [0.5, 0.6) is 5.75 Å². The van der Waals surface area contributed by atoms with Crippen molar-refractivity contribution in [2.24, 2.45) is 0 Å². The zero-order chi connectivity index (χ0) is 18.8. The quantitative estimate of drug-likeness (QED) is 0.535. The van der Waals surface area contributed by atoms with Crippen LogP contribution < -0.4 is 10.1 Å². The number of ether oxygens (including phenoxy) is 2. The van der Waals surface area contributed by atoms with Crippen molar-refractivity contribution in [2.45, 2.75) is 70.8 Å². The third-order valence-electron chi connectivity index (χ3n) is 4.87. The fraction of sp³-hybridized carbons (Fsp3) is 0.619. The van der Waals surface area contributed by atoms with Crippen molar-refractivity contribution >= 4 is 11.6 Å². The number of nitrogens with zero attached hydrogens (tertiary/aromatic N) is 1. The number of unbranched alkanes of at least 4 members (excludes halogenated alkanes) is 1. The van der Waals surface area contributed by atoms with E-state index < -0.39 is 5.60 Å². The average molecular weight is 358 g/mol. The first-order valence-electron chi connectivity index (χ1n) is 9.77. The van der Waals surface area contributed by atoms with E-state index in [9.17, 15) is 10.1 Å². The van der Waals surface area contributed by atoms with Gasteiger partial charge in [-0.2, -0.15) is 5.26 Å². The second kappa shape index (κ2) is 10.2. The molecule has 0 heterocycles. The lowest BCUT2D eigenvalue weighted by atomic mass is 9.92. The summed E-state index contributed by atoms with van der Waals surface area (Å²) in [6.07, 6.45) is 7.73. The zero-order valence-corrected chi connectivity index (χ0v) is 16.0. The van der Waals surface area contributed by atoms with E-state index in [4.69, 9.17) is 9.47 Å². The molecule has 1 aromatic carbocycles. The highest BCUT2D eigenvalue weighted by Gasteiger charge is 2.39. The monoisotopic (exact) mass is 358 g/mol. The Kier molecular flexibility index (Phi) is 7.93. The van der Waals surface area contributed by atoms with Crippen molar-refractivity contribution < 1.29 is 14.3 Å².